The van der Waals surface area contributed by atoms with Gasteiger partial charge in [-0.25, -0.2) is 0 Å². The van der Waals surface area contributed by atoms with Gasteiger partial charge >= 0.3 is 0 Å². The molecule has 0 aliphatic carbocycles. The quantitative estimate of drug-likeness (QED) is 0.726. The number of hydrogen-bond donors (Lipinski definition) is 2. The summed E-state index contributed by atoms with van der Waals surface area (Å²) in [6.45, 7) is 10.2. The zero-order chi connectivity index (χ0) is 14.3. The second-order valence-electron chi connectivity index (χ2n) is 4.47. The van der Waals surface area contributed by atoms with E-state index in [1.54, 1.807) is 11.3 Å². The fraction of sp³-hybridized carbons (Fsp3) is 0.643. The van der Waals surface area contributed by atoms with Gasteiger partial charge in [0.25, 0.3) is 0 Å². The Labute approximate surface area is 120 Å². The van der Waals surface area contributed by atoms with E-state index in [2.05, 4.69) is 37.1 Å². The van der Waals surface area contributed by atoms with Crippen LogP contribution in [-0.2, 0) is 11.2 Å². The molecule has 0 bridgehead atoms. The van der Waals surface area contributed by atoms with Gasteiger partial charge in [-0.3, -0.25) is 4.79 Å². The second-order valence-corrected chi connectivity index (χ2v) is 5.67. The third kappa shape index (κ3) is 4.93. The third-order valence-electron chi connectivity index (χ3n) is 3.27. The van der Waals surface area contributed by atoms with Gasteiger partial charge in [0.1, 0.15) is 6.04 Å². The zero-order valence-corrected chi connectivity index (χ0v) is 12.9. The van der Waals surface area contributed by atoms with Gasteiger partial charge in [-0.2, -0.15) is 0 Å². The summed E-state index contributed by atoms with van der Waals surface area (Å²) in [7, 11) is 0. The van der Waals surface area contributed by atoms with E-state index in [0.29, 0.717) is 0 Å². The molecule has 1 unspecified atom stereocenters. The van der Waals surface area contributed by atoms with Crippen LogP contribution in [0.25, 0.3) is 0 Å². The van der Waals surface area contributed by atoms with Gasteiger partial charge in [0.15, 0.2) is 0 Å². The normalized spacial score (nSPS) is 12.8. The molecule has 1 amide bonds. The summed E-state index contributed by atoms with van der Waals surface area (Å²) in [6.07, 6.45) is 0.996. The summed E-state index contributed by atoms with van der Waals surface area (Å²) >= 11 is 1.66. The summed E-state index contributed by atoms with van der Waals surface area (Å²) in [4.78, 5) is 16.2. The van der Waals surface area contributed by atoms with Crippen LogP contribution >= 0.6 is 11.3 Å². The van der Waals surface area contributed by atoms with Crippen LogP contribution in [-0.4, -0.2) is 37.0 Å². The average molecular weight is 283 g/mol. The number of rotatable bonds is 9. The largest absolute Gasteiger partial charge is 0.368 e. The van der Waals surface area contributed by atoms with Crippen LogP contribution in [0.2, 0.25) is 0 Å². The Morgan fingerprint density at radius 1 is 1.37 bits per heavy atom. The standard InChI is InChI=1S/C14H25N3OS/c1-4-11-7-8-12(19-11)13(14(15)18)16-9-10-17(5-2)6-3/h7-8,13,16H,4-6,9-10H2,1-3H3,(H2,15,18). The molecule has 1 aromatic rings. The molecule has 0 aliphatic heterocycles. The third-order valence-corrected chi connectivity index (χ3v) is 4.57. The minimum absolute atomic E-state index is 0.302. The molecule has 1 atom stereocenters. The molecule has 5 heteroatoms. The summed E-state index contributed by atoms with van der Waals surface area (Å²) in [6, 6.07) is 3.71. The molecule has 0 aromatic carbocycles. The first-order chi connectivity index (χ1) is 9.12. The van der Waals surface area contributed by atoms with Crippen LogP contribution in [0.3, 0.4) is 0 Å². The first-order valence-electron chi connectivity index (χ1n) is 6.95. The van der Waals surface area contributed by atoms with Gasteiger partial charge in [-0.15, -0.1) is 11.3 Å². The van der Waals surface area contributed by atoms with E-state index in [1.165, 1.54) is 4.88 Å². The number of thiophene rings is 1. The molecule has 0 saturated heterocycles. The first kappa shape index (κ1) is 16.1. The number of nitrogens with zero attached hydrogens (tertiary/aromatic N) is 1. The summed E-state index contributed by atoms with van der Waals surface area (Å²) in [5, 5.41) is 3.27. The maximum atomic E-state index is 11.6. The molecule has 0 aliphatic rings. The highest BCUT2D eigenvalue weighted by Crippen LogP contribution is 2.23. The highest BCUT2D eigenvalue weighted by molar-refractivity contribution is 7.12. The number of hydrogen-bond acceptors (Lipinski definition) is 4. The topological polar surface area (TPSA) is 58.4 Å². The number of nitrogens with one attached hydrogen (secondary N) is 1. The van der Waals surface area contributed by atoms with Crippen LogP contribution in [0, 0.1) is 0 Å². The van der Waals surface area contributed by atoms with Gasteiger partial charge in [0, 0.05) is 22.8 Å². The van der Waals surface area contributed by atoms with E-state index in [4.69, 9.17) is 5.73 Å². The first-order valence-corrected chi connectivity index (χ1v) is 7.77. The maximum Gasteiger partial charge on any atom is 0.239 e. The minimum atomic E-state index is -0.360. The number of carbonyl (C=O) groups excluding carboxylic acids is 1. The predicted octanol–water partition coefficient (Wildman–Crippen LogP) is 1.77. The number of aryl methyl sites for hydroxylation is 1. The van der Waals surface area contributed by atoms with Crippen molar-refractivity contribution in [1.82, 2.24) is 10.2 Å². The van der Waals surface area contributed by atoms with Gasteiger partial charge in [0.05, 0.1) is 0 Å². The fourth-order valence-electron chi connectivity index (χ4n) is 1.99. The molecule has 0 fully saturated rings. The van der Waals surface area contributed by atoms with E-state index in [9.17, 15) is 4.79 Å². The summed E-state index contributed by atoms with van der Waals surface area (Å²) in [5.41, 5.74) is 5.49. The van der Waals surface area contributed by atoms with Crippen LogP contribution < -0.4 is 11.1 Å². The lowest BCUT2D eigenvalue weighted by atomic mass is 10.2. The van der Waals surface area contributed by atoms with Crippen molar-refractivity contribution in [3.05, 3.63) is 21.9 Å². The summed E-state index contributed by atoms with van der Waals surface area (Å²) in [5.74, 6) is -0.302. The van der Waals surface area contributed by atoms with Crippen molar-refractivity contribution in [1.29, 1.82) is 0 Å². The maximum absolute atomic E-state index is 11.6. The molecule has 108 valence electrons. The number of primary amides is 1. The van der Waals surface area contributed by atoms with Gasteiger partial charge in [-0.1, -0.05) is 20.8 Å². The Morgan fingerprint density at radius 2 is 2.05 bits per heavy atom. The van der Waals surface area contributed by atoms with E-state index in [-0.39, 0.29) is 11.9 Å². The van der Waals surface area contributed by atoms with Crippen LogP contribution in [0.1, 0.15) is 36.6 Å². The van der Waals surface area contributed by atoms with Crippen molar-refractivity contribution in [2.45, 2.75) is 33.2 Å². The highest BCUT2D eigenvalue weighted by Gasteiger charge is 2.19. The van der Waals surface area contributed by atoms with Crippen LogP contribution in [0.15, 0.2) is 12.1 Å². The summed E-state index contributed by atoms with van der Waals surface area (Å²) < 4.78 is 0. The molecule has 0 saturated carbocycles. The van der Waals surface area contributed by atoms with E-state index < -0.39 is 0 Å². The second kappa shape index (κ2) is 8.30. The molecule has 0 radical (unpaired) electrons. The highest BCUT2D eigenvalue weighted by atomic mass is 32.1. The molecule has 19 heavy (non-hydrogen) atoms. The number of amides is 1. The lowest BCUT2D eigenvalue weighted by molar-refractivity contribution is -0.120. The molecule has 1 aromatic heterocycles. The SMILES string of the molecule is CCc1ccc(C(NCCN(CC)CC)C(N)=O)s1. The lowest BCUT2D eigenvalue weighted by Gasteiger charge is -2.20. The molecular weight excluding hydrogens is 258 g/mol. The van der Waals surface area contributed by atoms with Crippen molar-refractivity contribution in [2.75, 3.05) is 26.2 Å². The molecule has 1 rings (SSSR count). The predicted molar refractivity (Wildman–Crippen MR) is 81.4 cm³/mol. The fourth-order valence-corrected chi connectivity index (χ4v) is 3.02. The molecule has 4 nitrogen and oxygen atoms in total. The van der Waals surface area contributed by atoms with Gasteiger partial charge < -0.3 is 16.0 Å². The monoisotopic (exact) mass is 283 g/mol. The average Bonchev–Trinajstić information content (AvgIpc) is 2.87. The Morgan fingerprint density at radius 3 is 2.53 bits per heavy atom. The minimum Gasteiger partial charge on any atom is -0.368 e. The smallest absolute Gasteiger partial charge is 0.239 e. The molecule has 3 N–H and O–H groups in total. The zero-order valence-electron chi connectivity index (χ0n) is 12.1. The Hall–Kier alpha value is -0.910. The Bertz CT molecular complexity index is 388. The molecule has 1 heterocycles. The van der Waals surface area contributed by atoms with Crippen molar-refractivity contribution >= 4 is 17.2 Å². The number of nitrogens with two attached hydrogens (primary N) is 1. The van der Waals surface area contributed by atoms with Crippen molar-refractivity contribution in [3.8, 4) is 0 Å². The van der Waals surface area contributed by atoms with Crippen molar-refractivity contribution in [2.24, 2.45) is 5.73 Å². The number of likely N-dealkylation sites (N-methyl/N-ethyl adjacent to an activating group) is 1. The van der Waals surface area contributed by atoms with Crippen molar-refractivity contribution < 1.29 is 4.79 Å². The van der Waals surface area contributed by atoms with Gasteiger partial charge in [-0.05, 0) is 31.6 Å². The molecular formula is C14H25N3OS. The Kier molecular flexibility index (Phi) is 7.05. The number of carbonyl (C=O) groups is 1. The Balaban J connectivity index is 2.56. The van der Waals surface area contributed by atoms with E-state index in [0.717, 1.165) is 37.5 Å². The van der Waals surface area contributed by atoms with E-state index >= 15 is 0 Å². The molecule has 0 spiro atoms. The van der Waals surface area contributed by atoms with Crippen LogP contribution in [0.5, 0.6) is 0 Å². The van der Waals surface area contributed by atoms with E-state index in [1.807, 2.05) is 6.07 Å². The van der Waals surface area contributed by atoms with Crippen LogP contribution in [0.4, 0.5) is 0 Å². The van der Waals surface area contributed by atoms with Crippen molar-refractivity contribution in [3.63, 3.8) is 0 Å². The van der Waals surface area contributed by atoms with Gasteiger partial charge in [0.2, 0.25) is 5.91 Å². The lowest BCUT2D eigenvalue weighted by Crippen LogP contribution is -2.38.